The van der Waals surface area contributed by atoms with Gasteiger partial charge in [0.2, 0.25) is 11.8 Å². The van der Waals surface area contributed by atoms with Crippen molar-refractivity contribution in [3.63, 3.8) is 0 Å². The Labute approximate surface area is 121 Å². The average Bonchev–Trinajstić information content (AvgIpc) is 3.22. The van der Waals surface area contributed by atoms with E-state index >= 15 is 0 Å². The van der Waals surface area contributed by atoms with Gasteiger partial charge in [0.15, 0.2) is 0 Å². The molecule has 0 aromatic rings. The van der Waals surface area contributed by atoms with Gasteiger partial charge in [0.05, 0.1) is 12.6 Å². The Hall–Kier alpha value is -1.10. The highest BCUT2D eigenvalue weighted by Gasteiger charge is 2.26. The molecule has 2 saturated carbocycles. The normalized spacial score (nSPS) is 21.6. The van der Waals surface area contributed by atoms with Crippen molar-refractivity contribution in [3.8, 4) is 0 Å². The van der Waals surface area contributed by atoms with Crippen LogP contribution < -0.4 is 10.6 Å². The van der Waals surface area contributed by atoms with E-state index in [0.717, 1.165) is 25.7 Å². The zero-order chi connectivity index (χ0) is 14.5. The summed E-state index contributed by atoms with van der Waals surface area (Å²) in [6, 6.07) is 0.441. The van der Waals surface area contributed by atoms with E-state index < -0.39 is 0 Å². The summed E-state index contributed by atoms with van der Waals surface area (Å²) in [7, 11) is 1.83. The summed E-state index contributed by atoms with van der Waals surface area (Å²) in [6.07, 6.45) is 8.05. The van der Waals surface area contributed by atoms with Crippen LogP contribution in [0, 0.1) is 0 Å². The molecular formula is C15H27N3O2. The number of nitrogens with one attached hydrogen (secondary N) is 2. The predicted octanol–water partition coefficient (Wildman–Crippen LogP) is 1.03. The van der Waals surface area contributed by atoms with Gasteiger partial charge in [-0.3, -0.25) is 14.5 Å². The highest BCUT2D eigenvalue weighted by molar-refractivity contribution is 5.83. The fourth-order valence-electron chi connectivity index (χ4n) is 2.63. The first-order valence-corrected chi connectivity index (χ1v) is 7.86. The molecule has 0 aromatic heterocycles. The summed E-state index contributed by atoms with van der Waals surface area (Å²) in [5.41, 5.74) is 0. The third-order valence-electron chi connectivity index (χ3n) is 4.33. The van der Waals surface area contributed by atoms with Gasteiger partial charge in [-0.25, -0.2) is 0 Å². The molecule has 0 bridgehead atoms. The van der Waals surface area contributed by atoms with Crippen LogP contribution in [0.15, 0.2) is 0 Å². The van der Waals surface area contributed by atoms with Crippen molar-refractivity contribution in [2.75, 3.05) is 13.6 Å². The monoisotopic (exact) mass is 281 g/mol. The highest BCUT2D eigenvalue weighted by atomic mass is 16.2. The van der Waals surface area contributed by atoms with Gasteiger partial charge in [-0.1, -0.05) is 19.3 Å². The van der Waals surface area contributed by atoms with E-state index in [1.807, 2.05) is 18.9 Å². The summed E-state index contributed by atoms with van der Waals surface area (Å²) < 4.78 is 0. The summed E-state index contributed by atoms with van der Waals surface area (Å²) in [4.78, 5) is 25.7. The first-order valence-electron chi connectivity index (χ1n) is 7.86. The van der Waals surface area contributed by atoms with Gasteiger partial charge in [-0.15, -0.1) is 0 Å². The fourth-order valence-corrected chi connectivity index (χ4v) is 2.63. The van der Waals surface area contributed by atoms with Crippen molar-refractivity contribution >= 4 is 11.8 Å². The van der Waals surface area contributed by atoms with Gasteiger partial charge in [-0.2, -0.15) is 0 Å². The molecule has 0 spiro atoms. The molecule has 114 valence electrons. The largest absolute Gasteiger partial charge is 0.352 e. The minimum atomic E-state index is -0.262. The van der Waals surface area contributed by atoms with E-state index in [1.165, 1.54) is 19.3 Å². The molecule has 0 aliphatic heterocycles. The van der Waals surface area contributed by atoms with Crippen molar-refractivity contribution in [2.24, 2.45) is 0 Å². The molecule has 1 unspecified atom stereocenters. The van der Waals surface area contributed by atoms with Crippen molar-refractivity contribution in [3.05, 3.63) is 0 Å². The summed E-state index contributed by atoms with van der Waals surface area (Å²) in [5.74, 6) is 0.0611. The second kappa shape index (κ2) is 7.07. The quantitative estimate of drug-likeness (QED) is 0.764. The topological polar surface area (TPSA) is 61.4 Å². The van der Waals surface area contributed by atoms with E-state index in [0.29, 0.717) is 12.1 Å². The molecule has 2 fully saturated rings. The molecule has 0 heterocycles. The molecule has 1 atom stereocenters. The van der Waals surface area contributed by atoms with Crippen LogP contribution >= 0.6 is 0 Å². The molecule has 2 N–H and O–H groups in total. The van der Waals surface area contributed by atoms with Gasteiger partial charge in [-0.05, 0) is 39.7 Å². The van der Waals surface area contributed by atoms with Crippen LogP contribution in [0.4, 0.5) is 0 Å². The van der Waals surface area contributed by atoms with Crippen LogP contribution in [0.2, 0.25) is 0 Å². The lowest BCUT2D eigenvalue weighted by atomic mass is 9.95. The van der Waals surface area contributed by atoms with E-state index in [-0.39, 0.29) is 24.4 Å². The zero-order valence-corrected chi connectivity index (χ0v) is 12.7. The maximum absolute atomic E-state index is 12.2. The number of nitrogens with zero attached hydrogens (tertiary/aromatic N) is 1. The zero-order valence-electron chi connectivity index (χ0n) is 12.7. The first-order chi connectivity index (χ1) is 9.56. The second-order valence-corrected chi connectivity index (χ2v) is 6.28. The van der Waals surface area contributed by atoms with Crippen LogP contribution in [0.3, 0.4) is 0 Å². The third-order valence-corrected chi connectivity index (χ3v) is 4.33. The number of likely N-dealkylation sites (N-methyl/N-ethyl adjacent to an activating group) is 1. The Morgan fingerprint density at radius 2 is 1.65 bits per heavy atom. The fraction of sp³-hybridized carbons (Fsp3) is 0.867. The lowest BCUT2D eigenvalue weighted by molar-refractivity contribution is -0.128. The van der Waals surface area contributed by atoms with Crippen LogP contribution in [-0.4, -0.2) is 48.4 Å². The third kappa shape index (κ3) is 4.78. The first kappa shape index (κ1) is 15.3. The SMILES string of the molecule is CC(C(=O)NC1CCCCC1)N(C)CC(=O)NC1CC1. The lowest BCUT2D eigenvalue weighted by Gasteiger charge is -2.28. The van der Waals surface area contributed by atoms with Gasteiger partial charge >= 0.3 is 0 Å². The van der Waals surface area contributed by atoms with Crippen molar-refractivity contribution in [2.45, 2.75) is 70.0 Å². The molecule has 0 saturated heterocycles. The van der Waals surface area contributed by atoms with Crippen molar-refractivity contribution in [1.82, 2.24) is 15.5 Å². The van der Waals surface area contributed by atoms with Crippen LogP contribution in [-0.2, 0) is 9.59 Å². The minimum Gasteiger partial charge on any atom is -0.352 e. The smallest absolute Gasteiger partial charge is 0.237 e. The maximum Gasteiger partial charge on any atom is 0.237 e. The summed E-state index contributed by atoms with van der Waals surface area (Å²) >= 11 is 0. The maximum atomic E-state index is 12.2. The number of amides is 2. The van der Waals surface area contributed by atoms with Crippen molar-refractivity contribution in [1.29, 1.82) is 0 Å². The lowest BCUT2D eigenvalue weighted by Crippen LogP contribution is -2.49. The Balaban J connectivity index is 1.71. The summed E-state index contributed by atoms with van der Waals surface area (Å²) in [6.45, 7) is 2.15. The minimum absolute atomic E-state index is 0.0207. The standard InChI is InChI=1S/C15H27N3O2/c1-11(15(20)17-12-6-4-3-5-7-12)18(2)10-14(19)16-13-8-9-13/h11-13H,3-10H2,1-2H3,(H,16,19)(H,17,20). The van der Waals surface area contributed by atoms with Gasteiger partial charge in [0.1, 0.15) is 0 Å². The highest BCUT2D eigenvalue weighted by Crippen LogP contribution is 2.19. The van der Waals surface area contributed by atoms with E-state index in [2.05, 4.69) is 10.6 Å². The van der Waals surface area contributed by atoms with Crippen LogP contribution in [0.5, 0.6) is 0 Å². The Bertz CT molecular complexity index is 349. The number of carbonyl (C=O) groups excluding carboxylic acids is 2. The molecule has 0 aromatic carbocycles. The average molecular weight is 281 g/mol. The molecular weight excluding hydrogens is 254 g/mol. The van der Waals surface area contributed by atoms with Crippen molar-refractivity contribution < 1.29 is 9.59 Å². The van der Waals surface area contributed by atoms with Gasteiger partial charge < -0.3 is 10.6 Å². The number of carbonyl (C=O) groups is 2. The molecule has 5 heteroatoms. The molecule has 2 amide bonds. The molecule has 2 aliphatic rings. The molecule has 2 rings (SSSR count). The van der Waals surface area contributed by atoms with E-state index in [1.54, 1.807) is 0 Å². The Morgan fingerprint density at radius 1 is 1.05 bits per heavy atom. The Morgan fingerprint density at radius 3 is 2.25 bits per heavy atom. The number of hydrogen-bond acceptors (Lipinski definition) is 3. The van der Waals surface area contributed by atoms with Crippen LogP contribution in [0.25, 0.3) is 0 Å². The molecule has 5 nitrogen and oxygen atoms in total. The van der Waals surface area contributed by atoms with Gasteiger partial charge in [0, 0.05) is 12.1 Å². The van der Waals surface area contributed by atoms with Gasteiger partial charge in [0.25, 0.3) is 0 Å². The van der Waals surface area contributed by atoms with E-state index in [9.17, 15) is 9.59 Å². The second-order valence-electron chi connectivity index (χ2n) is 6.28. The molecule has 2 aliphatic carbocycles. The predicted molar refractivity (Wildman–Crippen MR) is 78.3 cm³/mol. The Kier molecular flexibility index (Phi) is 5.40. The van der Waals surface area contributed by atoms with E-state index in [4.69, 9.17) is 0 Å². The molecule has 20 heavy (non-hydrogen) atoms. The van der Waals surface area contributed by atoms with Crippen LogP contribution in [0.1, 0.15) is 51.9 Å². The number of hydrogen-bond donors (Lipinski definition) is 2. The number of rotatable bonds is 6. The summed E-state index contributed by atoms with van der Waals surface area (Å²) in [5, 5.41) is 6.06. The molecule has 0 radical (unpaired) electrons.